The number of rotatable bonds is 5. The maximum Gasteiger partial charge on any atom is 0.127 e. The Kier molecular flexibility index (Phi) is 6.40. The van der Waals surface area contributed by atoms with E-state index in [2.05, 4.69) is 18.0 Å². The second-order valence-corrected chi connectivity index (χ2v) is 5.96. The Bertz CT molecular complexity index is 736. The Balaban J connectivity index is 2.24. The van der Waals surface area contributed by atoms with Gasteiger partial charge in [-0.15, -0.1) is 11.6 Å². The minimum atomic E-state index is -0.389. The molecule has 124 valence electrons. The van der Waals surface area contributed by atoms with Crippen molar-refractivity contribution in [1.82, 2.24) is 0 Å². The largest absolute Gasteiger partial charge is 0.458 e. The van der Waals surface area contributed by atoms with Gasteiger partial charge in [0.2, 0.25) is 0 Å². The lowest BCUT2D eigenvalue weighted by Crippen LogP contribution is -2.22. The van der Waals surface area contributed by atoms with Gasteiger partial charge in [-0.2, -0.15) is 5.26 Å². The quantitative estimate of drug-likeness (QED) is 0.415. The summed E-state index contributed by atoms with van der Waals surface area (Å²) in [6, 6.07) is 9.74. The molecular formula is C20H21ClN2O. The lowest BCUT2D eigenvalue weighted by atomic mass is 9.94. The van der Waals surface area contributed by atoms with Gasteiger partial charge in [-0.3, -0.25) is 4.99 Å². The smallest absolute Gasteiger partial charge is 0.127 e. The maximum absolute atomic E-state index is 9.41. The average Bonchev–Trinajstić information content (AvgIpc) is 2.61. The predicted molar refractivity (Wildman–Crippen MR) is 100 cm³/mol. The fraction of sp³-hybridized carbons (Fsp3) is 0.300. The van der Waals surface area contributed by atoms with Gasteiger partial charge >= 0.3 is 0 Å². The predicted octanol–water partition coefficient (Wildman–Crippen LogP) is 5.29. The molecule has 0 fully saturated rings. The minimum absolute atomic E-state index is 0.0877. The first-order chi connectivity index (χ1) is 11.6. The van der Waals surface area contributed by atoms with Crippen molar-refractivity contribution < 1.29 is 4.74 Å². The number of allylic oxidation sites excluding steroid dienone is 4. The molecular weight excluding hydrogens is 320 g/mol. The van der Waals surface area contributed by atoms with Crippen molar-refractivity contribution in [2.45, 2.75) is 38.6 Å². The lowest BCUT2D eigenvalue weighted by molar-refractivity contribution is 0.443. The van der Waals surface area contributed by atoms with Crippen LogP contribution < -0.4 is 4.74 Å². The number of nitrogens with zero attached hydrogens (tertiary/aromatic N) is 2. The normalized spacial score (nSPS) is 21.2. The zero-order chi connectivity index (χ0) is 17.5. The molecule has 3 nitrogen and oxygen atoms in total. The first-order valence-corrected chi connectivity index (χ1v) is 8.47. The molecule has 1 aliphatic heterocycles. The molecule has 2 unspecified atom stereocenters. The minimum Gasteiger partial charge on any atom is -0.458 e. The number of dihydropyridines is 1. The third-order valence-corrected chi connectivity index (χ3v) is 4.33. The Morgan fingerprint density at radius 2 is 2.08 bits per heavy atom. The molecule has 0 aromatic heterocycles. The van der Waals surface area contributed by atoms with Gasteiger partial charge in [-0.1, -0.05) is 25.1 Å². The van der Waals surface area contributed by atoms with Crippen LogP contribution in [0.1, 0.15) is 32.8 Å². The molecule has 1 aromatic carbocycles. The first kappa shape index (κ1) is 18.0. The summed E-state index contributed by atoms with van der Waals surface area (Å²) >= 11 is 6.31. The van der Waals surface area contributed by atoms with E-state index in [0.717, 1.165) is 29.1 Å². The molecule has 1 heterocycles. The van der Waals surface area contributed by atoms with Crippen molar-refractivity contribution in [3.63, 3.8) is 0 Å². The third-order valence-electron chi connectivity index (χ3n) is 3.75. The average molecular weight is 341 g/mol. The van der Waals surface area contributed by atoms with Gasteiger partial charge in [0, 0.05) is 11.8 Å². The van der Waals surface area contributed by atoms with E-state index in [4.69, 9.17) is 16.3 Å². The van der Waals surface area contributed by atoms with Gasteiger partial charge in [0.15, 0.2) is 0 Å². The zero-order valence-electron chi connectivity index (χ0n) is 14.2. The standard InChI is InChI=1S/C20H21ClN2O/c1-4-6-7-16(5-2)24-17-10-8-15(9-11-17)19-13-23-14(3)20(21)18(19)12-22/h5-11,13-14,20H,4H2,1-3H3. The van der Waals surface area contributed by atoms with Crippen molar-refractivity contribution >= 4 is 23.4 Å². The second-order valence-electron chi connectivity index (χ2n) is 5.49. The molecule has 0 amide bonds. The number of hydrogen-bond donors (Lipinski definition) is 0. The Morgan fingerprint density at radius 3 is 2.67 bits per heavy atom. The molecule has 0 bridgehead atoms. The van der Waals surface area contributed by atoms with Gasteiger partial charge in [0.05, 0.1) is 23.1 Å². The van der Waals surface area contributed by atoms with Crippen LogP contribution in [0.15, 0.2) is 58.8 Å². The van der Waals surface area contributed by atoms with Crippen LogP contribution in [0.5, 0.6) is 5.75 Å². The fourth-order valence-corrected chi connectivity index (χ4v) is 2.57. The monoisotopic (exact) mass is 340 g/mol. The van der Waals surface area contributed by atoms with Crippen molar-refractivity contribution in [2.75, 3.05) is 0 Å². The topological polar surface area (TPSA) is 45.4 Å². The van der Waals surface area contributed by atoms with Crippen LogP contribution in [-0.4, -0.2) is 17.6 Å². The molecule has 1 aromatic rings. The summed E-state index contributed by atoms with van der Waals surface area (Å²) < 4.78 is 5.83. The highest BCUT2D eigenvalue weighted by molar-refractivity contribution is 6.27. The number of alkyl halides is 1. The fourth-order valence-electron chi connectivity index (χ4n) is 2.34. The number of hydrogen-bond acceptors (Lipinski definition) is 3. The Labute approximate surface area is 148 Å². The molecule has 1 aliphatic rings. The summed E-state index contributed by atoms with van der Waals surface area (Å²) in [6.07, 6.45) is 8.62. The van der Waals surface area contributed by atoms with E-state index in [-0.39, 0.29) is 11.4 Å². The number of halogens is 1. The van der Waals surface area contributed by atoms with E-state index < -0.39 is 0 Å². The molecule has 2 atom stereocenters. The molecule has 0 radical (unpaired) electrons. The van der Waals surface area contributed by atoms with Crippen molar-refractivity contribution in [2.24, 2.45) is 4.99 Å². The lowest BCUT2D eigenvalue weighted by Gasteiger charge is -2.20. The molecule has 24 heavy (non-hydrogen) atoms. The van der Waals surface area contributed by atoms with E-state index in [0.29, 0.717) is 5.57 Å². The van der Waals surface area contributed by atoms with Gasteiger partial charge < -0.3 is 4.74 Å². The summed E-state index contributed by atoms with van der Waals surface area (Å²) in [5.41, 5.74) is 2.25. The highest BCUT2D eigenvalue weighted by Crippen LogP contribution is 2.29. The Hall–Kier alpha value is -2.31. The number of benzene rings is 1. The highest BCUT2D eigenvalue weighted by Gasteiger charge is 2.25. The summed E-state index contributed by atoms with van der Waals surface area (Å²) in [5.74, 6) is 1.55. The van der Waals surface area contributed by atoms with E-state index >= 15 is 0 Å². The summed E-state index contributed by atoms with van der Waals surface area (Å²) in [6.45, 7) is 5.92. The molecule has 2 rings (SSSR count). The van der Waals surface area contributed by atoms with Crippen LogP contribution in [0.25, 0.3) is 5.57 Å². The van der Waals surface area contributed by atoms with Crippen LogP contribution in [0.2, 0.25) is 0 Å². The number of nitriles is 1. The van der Waals surface area contributed by atoms with Crippen LogP contribution in [0, 0.1) is 11.3 Å². The first-order valence-electron chi connectivity index (χ1n) is 8.03. The summed E-state index contributed by atoms with van der Waals surface area (Å²) in [4.78, 5) is 4.37. The van der Waals surface area contributed by atoms with E-state index in [1.165, 1.54) is 0 Å². The number of ether oxygens (including phenoxy) is 1. The molecule has 0 N–H and O–H groups in total. The molecule has 4 heteroatoms. The van der Waals surface area contributed by atoms with E-state index in [9.17, 15) is 5.26 Å². The van der Waals surface area contributed by atoms with Gasteiger partial charge in [0.1, 0.15) is 11.5 Å². The van der Waals surface area contributed by atoms with Gasteiger partial charge in [0.25, 0.3) is 0 Å². The van der Waals surface area contributed by atoms with Gasteiger partial charge in [-0.25, -0.2) is 0 Å². The molecule has 0 spiro atoms. The third kappa shape index (κ3) is 4.15. The molecule has 0 aliphatic carbocycles. The van der Waals surface area contributed by atoms with Crippen molar-refractivity contribution in [3.8, 4) is 11.8 Å². The van der Waals surface area contributed by atoms with E-state index in [1.807, 2.05) is 56.3 Å². The molecule has 0 saturated heterocycles. The highest BCUT2D eigenvalue weighted by atomic mass is 35.5. The van der Waals surface area contributed by atoms with Crippen LogP contribution in [0.3, 0.4) is 0 Å². The van der Waals surface area contributed by atoms with Gasteiger partial charge in [-0.05, 0) is 50.1 Å². The summed E-state index contributed by atoms with van der Waals surface area (Å²) in [7, 11) is 0. The van der Waals surface area contributed by atoms with Crippen molar-refractivity contribution in [1.29, 1.82) is 5.26 Å². The second kappa shape index (κ2) is 8.52. The SMILES string of the molecule is CC=C(C=CCC)Oc1ccc(C2=C(C#N)C(Cl)C(C)N=C2)cc1. The van der Waals surface area contributed by atoms with Crippen LogP contribution >= 0.6 is 11.6 Å². The zero-order valence-corrected chi connectivity index (χ0v) is 14.9. The van der Waals surface area contributed by atoms with Crippen LogP contribution in [-0.2, 0) is 0 Å². The molecule has 0 saturated carbocycles. The number of aliphatic imine (C=N–C) groups is 1. The Morgan fingerprint density at radius 1 is 1.38 bits per heavy atom. The van der Waals surface area contributed by atoms with Crippen molar-refractivity contribution in [3.05, 3.63) is 59.4 Å². The van der Waals surface area contributed by atoms with E-state index in [1.54, 1.807) is 6.21 Å². The maximum atomic E-state index is 9.41. The summed E-state index contributed by atoms with van der Waals surface area (Å²) in [5, 5.41) is 9.02. The van der Waals surface area contributed by atoms with Crippen LogP contribution in [0.4, 0.5) is 0 Å².